The quantitative estimate of drug-likeness (QED) is 0.661. The number of hydrogen-bond donors (Lipinski definition) is 3. The smallest absolute Gasteiger partial charge is 0.320 e. The maximum Gasteiger partial charge on any atom is 0.320 e. The van der Waals surface area contributed by atoms with Crippen molar-refractivity contribution in [3.63, 3.8) is 0 Å². The van der Waals surface area contributed by atoms with Crippen molar-refractivity contribution in [1.29, 1.82) is 0 Å². The van der Waals surface area contributed by atoms with E-state index in [2.05, 4.69) is 27.5 Å². The van der Waals surface area contributed by atoms with Gasteiger partial charge in [-0.05, 0) is 12.3 Å². The number of carboxylic acids is 1. The first kappa shape index (κ1) is 15.4. The Morgan fingerprint density at radius 3 is 2.47 bits per heavy atom. The van der Waals surface area contributed by atoms with Crippen LogP contribution in [-0.2, 0) is 11.3 Å². The molecular formula is C13H22N4O2. The Morgan fingerprint density at radius 2 is 2.00 bits per heavy atom. The average molecular weight is 266 g/mol. The molecule has 0 aliphatic rings. The summed E-state index contributed by atoms with van der Waals surface area (Å²) >= 11 is 0. The van der Waals surface area contributed by atoms with Crippen molar-refractivity contribution in [2.45, 2.75) is 39.8 Å². The number of rotatable bonds is 8. The van der Waals surface area contributed by atoms with Crippen LogP contribution in [0, 0.1) is 5.92 Å². The Morgan fingerprint density at radius 1 is 1.37 bits per heavy atom. The van der Waals surface area contributed by atoms with E-state index in [0.717, 1.165) is 18.5 Å². The number of anilines is 1. The minimum atomic E-state index is -0.836. The molecule has 1 heterocycles. The molecule has 0 aliphatic carbocycles. The molecule has 3 N–H and O–H groups in total. The van der Waals surface area contributed by atoms with Crippen LogP contribution in [-0.4, -0.2) is 33.6 Å². The zero-order chi connectivity index (χ0) is 14.3. The summed E-state index contributed by atoms with van der Waals surface area (Å²) in [6.07, 6.45) is 4.43. The van der Waals surface area contributed by atoms with E-state index in [1.54, 1.807) is 12.4 Å². The molecule has 0 fully saturated rings. The molecule has 0 amide bonds. The average Bonchev–Trinajstić information content (AvgIpc) is 2.37. The zero-order valence-electron chi connectivity index (χ0n) is 11.7. The lowest BCUT2D eigenvalue weighted by molar-refractivity contribution is -0.140. The lowest BCUT2D eigenvalue weighted by Gasteiger charge is -2.17. The molecule has 0 spiro atoms. The van der Waals surface area contributed by atoms with E-state index >= 15 is 0 Å². The summed E-state index contributed by atoms with van der Waals surface area (Å²) < 4.78 is 0. The van der Waals surface area contributed by atoms with Gasteiger partial charge in [0.2, 0.25) is 5.95 Å². The van der Waals surface area contributed by atoms with E-state index in [1.807, 2.05) is 13.8 Å². The topological polar surface area (TPSA) is 87.1 Å². The SMILES string of the molecule is CCCNc1ncc(CN[C@H](C(=O)O)C(C)C)cn1. The van der Waals surface area contributed by atoms with E-state index in [9.17, 15) is 4.79 Å². The highest BCUT2D eigenvalue weighted by atomic mass is 16.4. The molecule has 6 nitrogen and oxygen atoms in total. The van der Waals surface area contributed by atoms with Crippen LogP contribution in [0.3, 0.4) is 0 Å². The maximum absolute atomic E-state index is 11.0. The molecule has 0 saturated heterocycles. The molecule has 0 bridgehead atoms. The fourth-order valence-corrected chi connectivity index (χ4v) is 1.61. The zero-order valence-corrected chi connectivity index (χ0v) is 11.7. The molecule has 6 heteroatoms. The molecule has 0 saturated carbocycles. The van der Waals surface area contributed by atoms with Gasteiger partial charge in [-0.25, -0.2) is 9.97 Å². The summed E-state index contributed by atoms with van der Waals surface area (Å²) in [6.45, 7) is 7.11. The Kier molecular flexibility index (Phi) is 6.21. The molecule has 0 aromatic carbocycles. The van der Waals surface area contributed by atoms with Crippen molar-refractivity contribution in [1.82, 2.24) is 15.3 Å². The van der Waals surface area contributed by atoms with Gasteiger partial charge < -0.3 is 10.4 Å². The van der Waals surface area contributed by atoms with Crippen molar-refractivity contribution >= 4 is 11.9 Å². The van der Waals surface area contributed by atoms with Gasteiger partial charge in [0.25, 0.3) is 0 Å². The van der Waals surface area contributed by atoms with Gasteiger partial charge in [-0.2, -0.15) is 0 Å². The monoisotopic (exact) mass is 266 g/mol. The van der Waals surface area contributed by atoms with Crippen LogP contribution < -0.4 is 10.6 Å². The molecule has 0 unspecified atom stereocenters. The lowest BCUT2D eigenvalue weighted by atomic mass is 10.0. The number of hydrogen-bond acceptors (Lipinski definition) is 5. The third-order valence-corrected chi connectivity index (χ3v) is 2.70. The number of carbonyl (C=O) groups is 1. The van der Waals surface area contributed by atoms with Gasteiger partial charge >= 0.3 is 5.97 Å². The van der Waals surface area contributed by atoms with Crippen LogP contribution in [0.4, 0.5) is 5.95 Å². The number of nitrogens with one attached hydrogen (secondary N) is 2. The Hall–Kier alpha value is -1.69. The summed E-state index contributed by atoms with van der Waals surface area (Å²) in [4.78, 5) is 19.4. The maximum atomic E-state index is 11.0. The molecule has 1 rings (SSSR count). The molecule has 0 aliphatic heterocycles. The first-order chi connectivity index (χ1) is 9.04. The van der Waals surface area contributed by atoms with E-state index < -0.39 is 12.0 Å². The van der Waals surface area contributed by atoms with E-state index in [-0.39, 0.29) is 5.92 Å². The second-order valence-corrected chi connectivity index (χ2v) is 4.78. The minimum absolute atomic E-state index is 0.0314. The lowest BCUT2D eigenvalue weighted by Crippen LogP contribution is -2.40. The first-order valence-corrected chi connectivity index (χ1v) is 6.55. The van der Waals surface area contributed by atoms with E-state index in [4.69, 9.17) is 5.11 Å². The Labute approximate surface area is 113 Å². The van der Waals surface area contributed by atoms with Crippen LogP contribution in [0.15, 0.2) is 12.4 Å². The second kappa shape index (κ2) is 7.68. The van der Waals surface area contributed by atoms with Gasteiger partial charge in [0.1, 0.15) is 6.04 Å². The van der Waals surface area contributed by atoms with Gasteiger partial charge in [-0.15, -0.1) is 0 Å². The highest BCUT2D eigenvalue weighted by molar-refractivity contribution is 5.73. The molecule has 0 radical (unpaired) electrons. The predicted molar refractivity (Wildman–Crippen MR) is 73.9 cm³/mol. The molecule has 106 valence electrons. The summed E-state index contributed by atoms with van der Waals surface area (Å²) in [7, 11) is 0. The summed E-state index contributed by atoms with van der Waals surface area (Å²) in [6, 6.07) is -0.558. The van der Waals surface area contributed by atoms with Crippen molar-refractivity contribution < 1.29 is 9.90 Å². The predicted octanol–water partition coefficient (Wildman–Crippen LogP) is 1.50. The van der Waals surface area contributed by atoms with Crippen LogP contribution in [0.2, 0.25) is 0 Å². The Bertz CT molecular complexity index is 392. The van der Waals surface area contributed by atoms with Crippen molar-refractivity contribution in [3.8, 4) is 0 Å². The van der Waals surface area contributed by atoms with Gasteiger partial charge in [0.05, 0.1) is 0 Å². The molecular weight excluding hydrogens is 244 g/mol. The largest absolute Gasteiger partial charge is 0.480 e. The molecule has 1 atom stereocenters. The molecule has 1 aromatic heterocycles. The van der Waals surface area contributed by atoms with Gasteiger partial charge in [-0.3, -0.25) is 10.1 Å². The van der Waals surface area contributed by atoms with Crippen LogP contribution in [0.5, 0.6) is 0 Å². The van der Waals surface area contributed by atoms with Crippen molar-refractivity contribution in [3.05, 3.63) is 18.0 Å². The molecule has 1 aromatic rings. The highest BCUT2D eigenvalue weighted by Crippen LogP contribution is 2.05. The third-order valence-electron chi connectivity index (χ3n) is 2.70. The number of aliphatic carboxylic acids is 1. The Balaban J connectivity index is 2.51. The first-order valence-electron chi connectivity index (χ1n) is 6.55. The van der Waals surface area contributed by atoms with E-state index in [1.165, 1.54) is 0 Å². The van der Waals surface area contributed by atoms with Crippen LogP contribution >= 0.6 is 0 Å². The van der Waals surface area contributed by atoms with Gasteiger partial charge in [-0.1, -0.05) is 20.8 Å². The second-order valence-electron chi connectivity index (χ2n) is 4.78. The van der Waals surface area contributed by atoms with Crippen LogP contribution in [0.25, 0.3) is 0 Å². The number of carboxylic acid groups (broad SMARTS) is 1. The van der Waals surface area contributed by atoms with Gasteiger partial charge in [0.15, 0.2) is 0 Å². The third kappa shape index (κ3) is 5.21. The minimum Gasteiger partial charge on any atom is -0.480 e. The van der Waals surface area contributed by atoms with Crippen LogP contribution in [0.1, 0.15) is 32.8 Å². The van der Waals surface area contributed by atoms with Crippen molar-refractivity contribution in [2.75, 3.05) is 11.9 Å². The normalized spacial score (nSPS) is 12.4. The fourth-order valence-electron chi connectivity index (χ4n) is 1.61. The van der Waals surface area contributed by atoms with Crippen molar-refractivity contribution in [2.24, 2.45) is 5.92 Å². The summed E-state index contributed by atoms with van der Waals surface area (Å²) in [5.41, 5.74) is 0.869. The molecule has 19 heavy (non-hydrogen) atoms. The number of aromatic nitrogens is 2. The van der Waals surface area contributed by atoms with E-state index in [0.29, 0.717) is 12.5 Å². The fraction of sp³-hybridized carbons (Fsp3) is 0.615. The van der Waals surface area contributed by atoms with Gasteiger partial charge in [0, 0.05) is 31.0 Å². The highest BCUT2D eigenvalue weighted by Gasteiger charge is 2.20. The number of nitrogens with zero attached hydrogens (tertiary/aromatic N) is 2. The summed E-state index contributed by atoms with van der Waals surface area (Å²) in [5.74, 6) is -0.203. The standard InChI is InChI=1S/C13H22N4O2/c1-4-5-14-13-16-7-10(8-17-13)6-15-11(9(2)3)12(18)19/h7-9,11,15H,4-6H2,1-3H3,(H,18,19)(H,14,16,17)/t11-/m0/s1. The summed E-state index contributed by atoms with van der Waals surface area (Å²) in [5, 5.41) is 15.1.